The van der Waals surface area contributed by atoms with Crippen LogP contribution in [0.1, 0.15) is 35.0 Å². The van der Waals surface area contributed by atoms with Gasteiger partial charge in [-0.2, -0.15) is 5.26 Å². The van der Waals surface area contributed by atoms with Gasteiger partial charge in [0.05, 0.1) is 24.6 Å². The van der Waals surface area contributed by atoms with Crippen LogP contribution >= 0.6 is 11.3 Å². The lowest BCUT2D eigenvalue weighted by molar-refractivity contribution is -0.140. The van der Waals surface area contributed by atoms with Gasteiger partial charge in [-0.05, 0) is 38.5 Å². The van der Waals surface area contributed by atoms with E-state index in [1.807, 2.05) is 19.2 Å². The predicted octanol–water partition coefficient (Wildman–Crippen LogP) is 4.84. The molecule has 0 fully saturated rings. The molecule has 0 aliphatic rings. The number of aryl methyl sites for hydroxylation is 1. The number of allylic oxidation sites excluding steroid dienone is 1. The maximum Gasteiger partial charge on any atom is 0.305 e. The fraction of sp³-hybridized carbons (Fsp3) is 0.286. The lowest BCUT2D eigenvalue weighted by atomic mass is 10.2. The summed E-state index contributed by atoms with van der Waals surface area (Å²) in [4.78, 5) is 16.0. The molecule has 3 heterocycles. The molecule has 0 bridgehead atoms. The largest absolute Gasteiger partial charge is 0.469 e. The highest BCUT2D eigenvalue weighted by molar-refractivity contribution is 7.11. The van der Waals surface area contributed by atoms with E-state index in [2.05, 4.69) is 21.7 Å². The number of aromatic nitrogens is 2. The molecule has 3 aromatic heterocycles. The zero-order valence-corrected chi connectivity index (χ0v) is 16.9. The lowest BCUT2D eigenvalue weighted by Gasteiger charge is -2.09. The summed E-state index contributed by atoms with van der Waals surface area (Å²) in [6.07, 6.45) is 4.38. The Kier molecular flexibility index (Phi) is 6.12. The van der Waals surface area contributed by atoms with Crippen LogP contribution in [0, 0.1) is 25.2 Å². The van der Waals surface area contributed by atoms with Crippen molar-refractivity contribution < 1.29 is 13.9 Å². The molecule has 0 aromatic carbocycles. The number of hydrogen-bond donors (Lipinski definition) is 0. The number of nitrogens with zero attached hydrogens (tertiary/aromatic N) is 3. The lowest BCUT2D eigenvalue weighted by Crippen LogP contribution is -2.06. The average Bonchev–Trinajstić information content (AvgIpc) is 3.42. The van der Waals surface area contributed by atoms with Crippen molar-refractivity contribution in [3.63, 3.8) is 0 Å². The summed E-state index contributed by atoms with van der Waals surface area (Å²) in [6.45, 7) is 4.83. The molecule has 0 amide bonds. The molecule has 144 valence electrons. The smallest absolute Gasteiger partial charge is 0.305 e. The number of hydrogen-bond acceptors (Lipinski definition) is 6. The Morgan fingerprint density at radius 2 is 2.29 bits per heavy atom. The zero-order chi connectivity index (χ0) is 20.1. The first kappa shape index (κ1) is 19.6. The summed E-state index contributed by atoms with van der Waals surface area (Å²) in [7, 11) is 1.41. The normalized spacial score (nSPS) is 11.4. The number of carbonyl (C=O) groups excluding carboxylic acids is 1. The van der Waals surface area contributed by atoms with Crippen molar-refractivity contribution in [3.05, 3.63) is 52.0 Å². The third-order valence-corrected chi connectivity index (χ3v) is 5.40. The predicted molar refractivity (Wildman–Crippen MR) is 108 cm³/mol. The van der Waals surface area contributed by atoms with Crippen molar-refractivity contribution in [2.75, 3.05) is 7.11 Å². The number of methoxy groups -OCH3 is 1. The van der Waals surface area contributed by atoms with Crippen LogP contribution in [0.5, 0.6) is 0 Å². The highest BCUT2D eigenvalue weighted by Gasteiger charge is 2.15. The molecule has 0 atom stereocenters. The minimum atomic E-state index is -0.195. The molecule has 3 rings (SSSR count). The van der Waals surface area contributed by atoms with Gasteiger partial charge >= 0.3 is 5.97 Å². The van der Waals surface area contributed by atoms with Gasteiger partial charge in [-0.25, -0.2) is 4.98 Å². The van der Waals surface area contributed by atoms with E-state index >= 15 is 0 Å². The fourth-order valence-electron chi connectivity index (χ4n) is 3.07. The van der Waals surface area contributed by atoms with Crippen molar-refractivity contribution in [1.29, 1.82) is 5.26 Å². The molecule has 0 unspecified atom stereocenters. The number of furan rings is 1. The molecular weight excluding hydrogens is 374 g/mol. The van der Waals surface area contributed by atoms with E-state index in [1.165, 1.54) is 18.4 Å². The molecule has 0 saturated carbocycles. The number of esters is 1. The van der Waals surface area contributed by atoms with Gasteiger partial charge in [-0.1, -0.05) is 0 Å². The van der Waals surface area contributed by atoms with E-state index in [0.717, 1.165) is 35.6 Å². The highest BCUT2D eigenvalue weighted by Crippen LogP contribution is 2.31. The SMILES string of the molecule is COC(=O)CCCn1c(C)cc(-c2csc(/C(C#N)=C/c3ccco3)n2)c1C. The minimum Gasteiger partial charge on any atom is -0.469 e. The topological polar surface area (TPSA) is 81.0 Å². The van der Waals surface area contributed by atoms with Crippen LogP contribution in [-0.2, 0) is 16.1 Å². The van der Waals surface area contributed by atoms with E-state index in [4.69, 9.17) is 9.15 Å². The quantitative estimate of drug-likeness (QED) is 0.422. The van der Waals surface area contributed by atoms with Gasteiger partial charge in [0.2, 0.25) is 0 Å². The molecule has 7 heteroatoms. The Morgan fingerprint density at radius 3 is 2.96 bits per heavy atom. The maximum atomic E-state index is 11.3. The molecule has 6 nitrogen and oxygen atoms in total. The van der Waals surface area contributed by atoms with Gasteiger partial charge in [0, 0.05) is 41.4 Å². The monoisotopic (exact) mass is 395 g/mol. The summed E-state index contributed by atoms with van der Waals surface area (Å²) >= 11 is 1.43. The summed E-state index contributed by atoms with van der Waals surface area (Å²) < 4.78 is 12.2. The first-order valence-corrected chi connectivity index (χ1v) is 9.76. The molecule has 0 radical (unpaired) electrons. The average molecular weight is 395 g/mol. The number of rotatable bonds is 7. The van der Waals surface area contributed by atoms with Crippen molar-refractivity contribution in [1.82, 2.24) is 9.55 Å². The summed E-state index contributed by atoms with van der Waals surface area (Å²) in [5, 5.41) is 12.1. The Labute approximate surface area is 167 Å². The molecule has 28 heavy (non-hydrogen) atoms. The number of ether oxygens (including phenoxy) is 1. The van der Waals surface area contributed by atoms with Crippen LogP contribution in [0.3, 0.4) is 0 Å². The Hall–Kier alpha value is -3.11. The number of thiazole rings is 1. The molecule has 0 aliphatic carbocycles. The third-order valence-electron chi connectivity index (χ3n) is 4.52. The standard InChI is InChI=1S/C21H21N3O3S/c1-14-10-18(15(2)24(14)8-4-7-20(25)26-3)19-13-28-21(23-19)16(12-22)11-17-6-5-9-27-17/h5-6,9-11,13H,4,7-8H2,1-3H3/b16-11+. The number of nitriles is 1. The summed E-state index contributed by atoms with van der Waals surface area (Å²) in [6, 6.07) is 7.87. The Balaban J connectivity index is 1.82. The van der Waals surface area contributed by atoms with Crippen LogP contribution in [0.4, 0.5) is 0 Å². The van der Waals surface area contributed by atoms with E-state index < -0.39 is 0 Å². The van der Waals surface area contributed by atoms with Crippen molar-refractivity contribution in [3.8, 4) is 17.3 Å². The first-order chi connectivity index (χ1) is 13.5. The van der Waals surface area contributed by atoms with Crippen LogP contribution < -0.4 is 0 Å². The Bertz CT molecular complexity index is 1040. The van der Waals surface area contributed by atoms with Crippen molar-refractivity contribution >= 4 is 29.0 Å². The minimum absolute atomic E-state index is 0.195. The van der Waals surface area contributed by atoms with Gasteiger partial charge in [0.25, 0.3) is 0 Å². The molecule has 0 saturated heterocycles. The Morgan fingerprint density at radius 1 is 1.46 bits per heavy atom. The molecule has 0 aliphatic heterocycles. The zero-order valence-electron chi connectivity index (χ0n) is 16.1. The molecule has 3 aromatic rings. The van der Waals surface area contributed by atoms with Crippen LogP contribution in [-0.4, -0.2) is 22.6 Å². The van der Waals surface area contributed by atoms with E-state index in [1.54, 1.807) is 24.5 Å². The maximum absolute atomic E-state index is 11.3. The molecule has 0 spiro atoms. The fourth-order valence-corrected chi connectivity index (χ4v) is 3.85. The molecule has 0 N–H and O–H groups in total. The van der Waals surface area contributed by atoms with Crippen LogP contribution in [0.25, 0.3) is 22.9 Å². The van der Waals surface area contributed by atoms with Gasteiger partial charge in [0.15, 0.2) is 0 Å². The summed E-state index contributed by atoms with van der Waals surface area (Å²) in [5.74, 6) is 0.427. The second-order valence-electron chi connectivity index (χ2n) is 6.34. The van der Waals surface area contributed by atoms with E-state index in [0.29, 0.717) is 22.8 Å². The summed E-state index contributed by atoms with van der Waals surface area (Å²) in [5.41, 5.74) is 4.55. The number of carbonyl (C=O) groups is 1. The van der Waals surface area contributed by atoms with Gasteiger partial charge in [-0.3, -0.25) is 4.79 Å². The van der Waals surface area contributed by atoms with Gasteiger partial charge < -0.3 is 13.7 Å². The molecular formula is C21H21N3O3S. The third kappa shape index (κ3) is 4.24. The van der Waals surface area contributed by atoms with Gasteiger partial charge in [0.1, 0.15) is 16.8 Å². The van der Waals surface area contributed by atoms with Crippen molar-refractivity contribution in [2.45, 2.75) is 33.2 Å². The van der Waals surface area contributed by atoms with Crippen LogP contribution in [0.15, 0.2) is 34.3 Å². The van der Waals surface area contributed by atoms with E-state index in [-0.39, 0.29) is 5.97 Å². The van der Waals surface area contributed by atoms with Crippen LogP contribution in [0.2, 0.25) is 0 Å². The highest BCUT2D eigenvalue weighted by atomic mass is 32.1. The second kappa shape index (κ2) is 8.72. The van der Waals surface area contributed by atoms with Crippen molar-refractivity contribution in [2.24, 2.45) is 0 Å². The van der Waals surface area contributed by atoms with E-state index in [9.17, 15) is 10.1 Å². The first-order valence-electron chi connectivity index (χ1n) is 8.88. The second-order valence-corrected chi connectivity index (χ2v) is 7.20. The van der Waals surface area contributed by atoms with Gasteiger partial charge in [-0.15, -0.1) is 11.3 Å².